The van der Waals surface area contributed by atoms with Crippen LogP contribution in [0.15, 0.2) is 48.5 Å². The third-order valence-electron chi connectivity index (χ3n) is 4.03. The maximum atomic E-state index is 12.5. The summed E-state index contributed by atoms with van der Waals surface area (Å²) in [6, 6.07) is 15.9. The van der Waals surface area contributed by atoms with E-state index in [0.29, 0.717) is 12.1 Å². The molecule has 0 bridgehead atoms. The molecule has 1 atom stereocenters. The molecule has 0 radical (unpaired) electrons. The number of nitrogens with zero attached hydrogens (tertiary/aromatic N) is 1. The number of para-hydroxylation sites is 2. The van der Waals surface area contributed by atoms with E-state index in [2.05, 4.69) is 22.5 Å². The second-order valence-electron chi connectivity index (χ2n) is 6.01. The first kappa shape index (κ1) is 17.0. The molecule has 0 spiro atoms. The minimum atomic E-state index is -0.0598. The van der Waals surface area contributed by atoms with E-state index in [0.717, 1.165) is 16.9 Å². The lowest BCUT2D eigenvalue weighted by molar-refractivity contribution is 0.0944. The summed E-state index contributed by atoms with van der Waals surface area (Å²) in [5.41, 5.74) is 3.62. The molecule has 0 aliphatic carbocycles. The summed E-state index contributed by atoms with van der Waals surface area (Å²) in [5, 5.41) is 6.36. The number of hydrogen-bond donors (Lipinski definition) is 2. The average Bonchev–Trinajstić information content (AvgIpc) is 2.54. The van der Waals surface area contributed by atoms with Gasteiger partial charge in [-0.05, 0) is 51.7 Å². The minimum absolute atomic E-state index is 0.0598. The summed E-state index contributed by atoms with van der Waals surface area (Å²) < 4.78 is 0. The Kier molecular flexibility index (Phi) is 5.77. The predicted octanol–water partition coefficient (Wildman–Crippen LogP) is 3.42. The molecule has 0 saturated carbocycles. The van der Waals surface area contributed by atoms with E-state index < -0.39 is 0 Å². The Morgan fingerprint density at radius 3 is 2.30 bits per heavy atom. The van der Waals surface area contributed by atoms with Crippen LogP contribution >= 0.6 is 0 Å². The fourth-order valence-corrected chi connectivity index (χ4v) is 2.17. The number of nitrogens with one attached hydrogen (secondary N) is 2. The smallest absolute Gasteiger partial charge is 0.253 e. The van der Waals surface area contributed by atoms with E-state index in [1.807, 2.05) is 69.6 Å². The Labute approximate surface area is 138 Å². The first-order valence-electron chi connectivity index (χ1n) is 7.85. The normalized spacial score (nSPS) is 12.0. The van der Waals surface area contributed by atoms with Crippen LogP contribution in [-0.2, 0) is 0 Å². The highest BCUT2D eigenvalue weighted by atomic mass is 16.1. The Balaban J connectivity index is 2.14. The number of carbonyl (C=O) groups excluding carboxylic acids is 1. The van der Waals surface area contributed by atoms with Gasteiger partial charge < -0.3 is 15.5 Å². The molecular formula is C19H25N3O. The van der Waals surface area contributed by atoms with E-state index in [9.17, 15) is 4.79 Å². The van der Waals surface area contributed by atoms with Gasteiger partial charge in [-0.2, -0.15) is 0 Å². The summed E-state index contributed by atoms with van der Waals surface area (Å²) >= 11 is 0. The molecule has 0 fully saturated rings. The first-order chi connectivity index (χ1) is 11.0. The van der Waals surface area contributed by atoms with Crippen LogP contribution < -0.4 is 10.6 Å². The van der Waals surface area contributed by atoms with Crippen LogP contribution in [0.3, 0.4) is 0 Å². The number of carbonyl (C=O) groups is 1. The van der Waals surface area contributed by atoms with Crippen LogP contribution in [0, 0.1) is 6.92 Å². The Hall–Kier alpha value is -2.33. The Bertz CT molecular complexity index is 667. The molecule has 122 valence electrons. The Morgan fingerprint density at radius 2 is 1.65 bits per heavy atom. The quantitative estimate of drug-likeness (QED) is 0.859. The van der Waals surface area contributed by atoms with Gasteiger partial charge in [-0.3, -0.25) is 4.79 Å². The monoisotopic (exact) mass is 311 g/mol. The SMILES string of the molecule is Cc1ccccc1Nc1ccccc1C(=O)NCC(C)N(C)C. The fraction of sp³-hybridized carbons (Fsp3) is 0.316. The summed E-state index contributed by atoms with van der Waals surface area (Å²) in [5.74, 6) is -0.0598. The maximum absolute atomic E-state index is 12.5. The van der Waals surface area contributed by atoms with Gasteiger partial charge in [0.05, 0.1) is 11.3 Å². The van der Waals surface area contributed by atoms with Crippen LogP contribution in [0.1, 0.15) is 22.8 Å². The molecule has 0 saturated heterocycles. The van der Waals surface area contributed by atoms with Crippen molar-refractivity contribution < 1.29 is 4.79 Å². The second-order valence-corrected chi connectivity index (χ2v) is 6.01. The second kappa shape index (κ2) is 7.79. The molecule has 2 aromatic rings. The van der Waals surface area contributed by atoms with Crippen molar-refractivity contribution in [2.24, 2.45) is 0 Å². The van der Waals surface area contributed by atoms with Gasteiger partial charge in [-0.1, -0.05) is 30.3 Å². The highest BCUT2D eigenvalue weighted by Crippen LogP contribution is 2.23. The maximum Gasteiger partial charge on any atom is 0.253 e. The third-order valence-corrected chi connectivity index (χ3v) is 4.03. The predicted molar refractivity (Wildman–Crippen MR) is 96.4 cm³/mol. The number of likely N-dealkylation sites (N-methyl/N-ethyl adjacent to an activating group) is 1. The average molecular weight is 311 g/mol. The summed E-state index contributed by atoms with van der Waals surface area (Å²) in [6.07, 6.45) is 0. The van der Waals surface area contributed by atoms with Crippen LogP contribution in [0.4, 0.5) is 11.4 Å². The number of amides is 1. The number of aryl methyl sites for hydroxylation is 1. The van der Waals surface area contributed by atoms with Crippen molar-refractivity contribution in [2.45, 2.75) is 19.9 Å². The summed E-state index contributed by atoms with van der Waals surface area (Å²) in [7, 11) is 4.01. The largest absolute Gasteiger partial charge is 0.355 e. The molecule has 1 amide bonds. The zero-order valence-electron chi connectivity index (χ0n) is 14.3. The minimum Gasteiger partial charge on any atom is -0.355 e. The summed E-state index contributed by atoms with van der Waals surface area (Å²) in [4.78, 5) is 14.6. The number of anilines is 2. The van der Waals surface area contributed by atoms with Gasteiger partial charge in [-0.15, -0.1) is 0 Å². The van der Waals surface area contributed by atoms with Crippen molar-refractivity contribution in [3.8, 4) is 0 Å². The molecule has 23 heavy (non-hydrogen) atoms. The molecule has 2 N–H and O–H groups in total. The fourth-order valence-electron chi connectivity index (χ4n) is 2.17. The first-order valence-corrected chi connectivity index (χ1v) is 7.85. The van der Waals surface area contributed by atoms with E-state index in [-0.39, 0.29) is 11.9 Å². The van der Waals surface area contributed by atoms with Gasteiger partial charge in [0, 0.05) is 18.3 Å². The lowest BCUT2D eigenvalue weighted by Gasteiger charge is -2.20. The van der Waals surface area contributed by atoms with Crippen molar-refractivity contribution in [3.63, 3.8) is 0 Å². The lowest BCUT2D eigenvalue weighted by atomic mass is 10.1. The van der Waals surface area contributed by atoms with Gasteiger partial charge in [0.1, 0.15) is 0 Å². The summed E-state index contributed by atoms with van der Waals surface area (Å²) in [6.45, 7) is 4.74. The standard InChI is InChI=1S/C19H25N3O/c1-14-9-5-7-11-17(14)21-18-12-8-6-10-16(18)19(23)20-13-15(2)22(3)4/h5-12,15,21H,13H2,1-4H3,(H,20,23). The molecular weight excluding hydrogens is 286 g/mol. The van der Waals surface area contributed by atoms with Crippen LogP contribution in [0.5, 0.6) is 0 Å². The lowest BCUT2D eigenvalue weighted by Crippen LogP contribution is -2.38. The number of rotatable bonds is 6. The van der Waals surface area contributed by atoms with Gasteiger partial charge in [0.25, 0.3) is 5.91 Å². The number of hydrogen-bond acceptors (Lipinski definition) is 3. The molecule has 0 aromatic heterocycles. The topological polar surface area (TPSA) is 44.4 Å². The highest BCUT2D eigenvalue weighted by Gasteiger charge is 2.13. The van der Waals surface area contributed by atoms with Crippen molar-refractivity contribution in [1.82, 2.24) is 10.2 Å². The van der Waals surface area contributed by atoms with E-state index >= 15 is 0 Å². The van der Waals surface area contributed by atoms with Crippen molar-refractivity contribution in [3.05, 3.63) is 59.7 Å². The van der Waals surface area contributed by atoms with Crippen LogP contribution in [0.25, 0.3) is 0 Å². The molecule has 2 rings (SSSR count). The van der Waals surface area contributed by atoms with Gasteiger partial charge in [-0.25, -0.2) is 0 Å². The van der Waals surface area contributed by atoms with Crippen molar-refractivity contribution in [2.75, 3.05) is 26.0 Å². The van der Waals surface area contributed by atoms with E-state index in [4.69, 9.17) is 0 Å². The van der Waals surface area contributed by atoms with Crippen molar-refractivity contribution >= 4 is 17.3 Å². The van der Waals surface area contributed by atoms with Gasteiger partial charge >= 0.3 is 0 Å². The third kappa shape index (κ3) is 4.57. The highest BCUT2D eigenvalue weighted by molar-refractivity contribution is 6.00. The molecule has 0 aliphatic heterocycles. The van der Waals surface area contributed by atoms with Crippen LogP contribution in [-0.4, -0.2) is 37.5 Å². The molecule has 2 aromatic carbocycles. The zero-order chi connectivity index (χ0) is 16.8. The molecule has 4 nitrogen and oxygen atoms in total. The van der Waals surface area contributed by atoms with Gasteiger partial charge in [0.15, 0.2) is 0 Å². The molecule has 0 aliphatic rings. The Morgan fingerprint density at radius 1 is 1.04 bits per heavy atom. The van der Waals surface area contributed by atoms with E-state index in [1.165, 1.54) is 0 Å². The number of benzene rings is 2. The van der Waals surface area contributed by atoms with Gasteiger partial charge in [0.2, 0.25) is 0 Å². The molecule has 0 heterocycles. The van der Waals surface area contributed by atoms with Crippen LogP contribution in [0.2, 0.25) is 0 Å². The zero-order valence-corrected chi connectivity index (χ0v) is 14.3. The van der Waals surface area contributed by atoms with E-state index in [1.54, 1.807) is 0 Å². The molecule has 1 unspecified atom stereocenters. The van der Waals surface area contributed by atoms with Crippen molar-refractivity contribution in [1.29, 1.82) is 0 Å². The molecule has 4 heteroatoms.